The second kappa shape index (κ2) is 6.78. The standard InChI is InChI=1S/C18H19N3O3/c1-12(22)21-6-2-3-14(11-21)17-5-4-13(10-20-17)15-7-16(18(23)24)9-19-8-15/h4-5,7-10,14H,2-3,6,11H2,1H3,(H,23,24)/t14-/m0/s1. The van der Waals surface area contributed by atoms with Crippen molar-refractivity contribution in [3.8, 4) is 11.1 Å². The first-order chi connectivity index (χ1) is 11.5. The molecule has 0 saturated carbocycles. The molecular weight excluding hydrogens is 306 g/mol. The second-order valence-electron chi connectivity index (χ2n) is 6.04. The molecule has 1 fully saturated rings. The van der Waals surface area contributed by atoms with Gasteiger partial charge in [-0.3, -0.25) is 14.8 Å². The molecular formula is C18H19N3O3. The number of rotatable bonds is 3. The maximum Gasteiger partial charge on any atom is 0.337 e. The van der Waals surface area contributed by atoms with E-state index in [-0.39, 0.29) is 17.4 Å². The summed E-state index contributed by atoms with van der Waals surface area (Å²) >= 11 is 0. The van der Waals surface area contributed by atoms with Gasteiger partial charge in [0.05, 0.1) is 5.56 Å². The summed E-state index contributed by atoms with van der Waals surface area (Å²) in [5.74, 6) is -0.645. The number of carbonyl (C=O) groups is 2. The lowest BCUT2D eigenvalue weighted by Gasteiger charge is -2.31. The van der Waals surface area contributed by atoms with Crippen LogP contribution in [0.2, 0.25) is 0 Å². The Morgan fingerprint density at radius 1 is 1.21 bits per heavy atom. The molecule has 1 amide bonds. The average molecular weight is 325 g/mol. The smallest absolute Gasteiger partial charge is 0.337 e. The first-order valence-corrected chi connectivity index (χ1v) is 7.95. The molecule has 1 saturated heterocycles. The monoisotopic (exact) mass is 325 g/mol. The molecule has 0 bridgehead atoms. The normalized spacial score (nSPS) is 17.5. The van der Waals surface area contributed by atoms with Crippen molar-refractivity contribution in [1.82, 2.24) is 14.9 Å². The van der Waals surface area contributed by atoms with Crippen molar-refractivity contribution >= 4 is 11.9 Å². The second-order valence-corrected chi connectivity index (χ2v) is 6.04. The van der Waals surface area contributed by atoms with E-state index in [4.69, 9.17) is 5.11 Å². The number of hydrogen-bond donors (Lipinski definition) is 1. The highest BCUT2D eigenvalue weighted by Crippen LogP contribution is 2.27. The van der Waals surface area contributed by atoms with E-state index >= 15 is 0 Å². The Balaban J connectivity index is 1.79. The van der Waals surface area contributed by atoms with Crippen molar-refractivity contribution in [2.24, 2.45) is 0 Å². The third kappa shape index (κ3) is 3.42. The minimum atomic E-state index is -1.000. The lowest BCUT2D eigenvalue weighted by molar-refractivity contribution is -0.130. The Hall–Kier alpha value is -2.76. The molecule has 1 N–H and O–H groups in total. The van der Waals surface area contributed by atoms with E-state index in [0.717, 1.165) is 36.2 Å². The molecule has 1 aliphatic heterocycles. The lowest BCUT2D eigenvalue weighted by Crippen LogP contribution is -2.37. The van der Waals surface area contributed by atoms with Gasteiger partial charge in [0, 0.05) is 61.3 Å². The van der Waals surface area contributed by atoms with Gasteiger partial charge in [0.15, 0.2) is 0 Å². The van der Waals surface area contributed by atoms with Gasteiger partial charge in [-0.1, -0.05) is 6.07 Å². The van der Waals surface area contributed by atoms with Crippen LogP contribution in [0.1, 0.15) is 41.7 Å². The topological polar surface area (TPSA) is 83.4 Å². The molecule has 1 atom stereocenters. The van der Waals surface area contributed by atoms with E-state index < -0.39 is 5.97 Å². The van der Waals surface area contributed by atoms with Gasteiger partial charge < -0.3 is 10.0 Å². The average Bonchev–Trinajstić information content (AvgIpc) is 2.62. The summed E-state index contributed by atoms with van der Waals surface area (Å²) in [5, 5.41) is 9.05. The lowest BCUT2D eigenvalue weighted by atomic mass is 9.93. The third-order valence-corrected chi connectivity index (χ3v) is 4.39. The van der Waals surface area contributed by atoms with Crippen molar-refractivity contribution in [1.29, 1.82) is 0 Å². The van der Waals surface area contributed by atoms with Crippen LogP contribution in [0.25, 0.3) is 11.1 Å². The summed E-state index contributed by atoms with van der Waals surface area (Å²) in [4.78, 5) is 33.0. The fourth-order valence-corrected chi connectivity index (χ4v) is 3.04. The summed E-state index contributed by atoms with van der Waals surface area (Å²) in [5.41, 5.74) is 2.67. The molecule has 2 aromatic rings. The zero-order valence-electron chi connectivity index (χ0n) is 13.5. The Morgan fingerprint density at radius 2 is 2.04 bits per heavy atom. The molecule has 0 spiro atoms. The maximum atomic E-state index is 11.6. The van der Waals surface area contributed by atoms with Gasteiger partial charge in [0.1, 0.15) is 0 Å². The molecule has 3 heterocycles. The Bertz CT molecular complexity index is 758. The van der Waals surface area contributed by atoms with Crippen molar-refractivity contribution < 1.29 is 14.7 Å². The predicted molar refractivity (Wildman–Crippen MR) is 88.7 cm³/mol. The van der Waals surface area contributed by atoms with Gasteiger partial charge >= 0.3 is 5.97 Å². The first kappa shape index (κ1) is 16.1. The zero-order valence-corrected chi connectivity index (χ0v) is 13.5. The van der Waals surface area contributed by atoms with Gasteiger partial charge in [-0.15, -0.1) is 0 Å². The Kier molecular flexibility index (Phi) is 4.55. The number of carboxylic acids is 1. The van der Waals surface area contributed by atoms with Gasteiger partial charge in [-0.2, -0.15) is 0 Å². The number of pyridine rings is 2. The third-order valence-electron chi connectivity index (χ3n) is 4.39. The molecule has 0 radical (unpaired) electrons. The molecule has 124 valence electrons. The number of amides is 1. The number of carboxylic acid groups (broad SMARTS) is 1. The highest BCUT2D eigenvalue weighted by Gasteiger charge is 2.23. The van der Waals surface area contributed by atoms with E-state index in [2.05, 4.69) is 9.97 Å². The minimum absolute atomic E-state index is 0.105. The van der Waals surface area contributed by atoms with E-state index in [9.17, 15) is 9.59 Å². The highest BCUT2D eigenvalue weighted by atomic mass is 16.4. The highest BCUT2D eigenvalue weighted by molar-refractivity contribution is 5.88. The van der Waals surface area contributed by atoms with E-state index in [0.29, 0.717) is 6.54 Å². The van der Waals surface area contributed by atoms with E-state index in [1.807, 2.05) is 17.0 Å². The van der Waals surface area contributed by atoms with Crippen molar-refractivity contribution in [3.05, 3.63) is 48.0 Å². The number of aromatic carboxylic acids is 1. The number of likely N-dealkylation sites (tertiary alicyclic amines) is 1. The van der Waals surface area contributed by atoms with E-state index in [1.165, 1.54) is 6.20 Å². The summed E-state index contributed by atoms with van der Waals surface area (Å²) in [7, 11) is 0. The van der Waals surface area contributed by atoms with Crippen LogP contribution < -0.4 is 0 Å². The number of nitrogens with zero attached hydrogens (tertiary/aromatic N) is 3. The van der Waals surface area contributed by atoms with Crippen LogP contribution in [0.4, 0.5) is 0 Å². The SMILES string of the molecule is CC(=O)N1CCC[C@H](c2ccc(-c3cncc(C(=O)O)c3)cn2)C1. The Morgan fingerprint density at radius 3 is 2.71 bits per heavy atom. The zero-order chi connectivity index (χ0) is 17.1. The summed E-state index contributed by atoms with van der Waals surface area (Å²) in [6.07, 6.45) is 6.70. The predicted octanol–water partition coefficient (Wildman–Crippen LogP) is 2.57. The summed E-state index contributed by atoms with van der Waals surface area (Å²) in [6.45, 7) is 3.12. The number of carbonyl (C=O) groups excluding carboxylic acids is 1. The molecule has 1 aliphatic rings. The summed E-state index contributed by atoms with van der Waals surface area (Å²) in [6, 6.07) is 5.47. The fourth-order valence-electron chi connectivity index (χ4n) is 3.04. The molecule has 0 unspecified atom stereocenters. The van der Waals surface area contributed by atoms with Crippen molar-refractivity contribution in [3.63, 3.8) is 0 Å². The number of piperidine rings is 1. The van der Waals surface area contributed by atoms with Crippen LogP contribution in [0, 0.1) is 0 Å². The van der Waals surface area contributed by atoms with Crippen LogP contribution >= 0.6 is 0 Å². The van der Waals surface area contributed by atoms with Crippen LogP contribution in [-0.2, 0) is 4.79 Å². The summed E-state index contributed by atoms with van der Waals surface area (Å²) < 4.78 is 0. The fraction of sp³-hybridized carbons (Fsp3) is 0.333. The van der Waals surface area contributed by atoms with Crippen LogP contribution in [-0.4, -0.2) is 44.9 Å². The maximum absolute atomic E-state index is 11.6. The molecule has 2 aromatic heterocycles. The van der Waals surface area contributed by atoms with Crippen LogP contribution in [0.3, 0.4) is 0 Å². The number of aromatic nitrogens is 2. The van der Waals surface area contributed by atoms with Gasteiger partial charge in [-0.05, 0) is 25.0 Å². The van der Waals surface area contributed by atoms with Crippen molar-refractivity contribution in [2.45, 2.75) is 25.7 Å². The number of hydrogen-bond acceptors (Lipinski definition) is 4. The van der Waals surface area contributed by atoms with Crippen LogP contribution in [0.15, 0.2) is 36.8 Å². The van der Waals surface area contributed by atoms with Gasteiger partial charge in [-0.25, -0.2) is 4.79 Å². The Labute approximate surface area is 140 Å². The largest absolute Gasteiger partial charge is 0.478 e. The molecule has 3 rings (SSSR count). The van der Waals surface area contributed by atoms with Crippen LogP contribution in [0.5, 0.6) is 0 Å². The first-order valence-electron chi connectivity index (χ1n) is 7.95. The molecule has 0 aromatic carbocycles. The molecule has 6 heteroatoms. The van der Waals surface area contributed by atoms with E-state index in [1.54, 1.807) is 25.4 Å². The quantitative estimate of drug-likeness (QED) is 0.937. The van der Waals surface area contributed by atoms with Gasteiger partial charge in [0.2, 0.25) is 5.91 Å². The molecule has 24 heavy (non-hydrogen) atoms. The molecule has 6 nitrogen and oxygen atoms in total. The molecule has 0 aliphatic carbocycles. The van der Waals surface area contributed by atoms with Gasteiger partial charge in [0.25, 0.3) is 0 Å². The minimum Gasteiger partial charge on any atom is -0.478 e. The van der Waals surface area contributed by atoms with Crippen molar-refractivity contribution in [2.75, 3.05) is 13.1 Å².